The molecular weight excluding hydrogens is 312 g/mol. The molecule has 0 aromatic carbocycles. The summed E-state index contributed by atoms with van der Waals surface area (Å²) in [5.74, 6) is 1.12. The van der Waals surface area contributed by atoms with Crippen LogP contribution >= 0.6 is 23.4 Å². The standard InChI is InChI=1S/C13H17ClN4O2S/c1-20-10-5-9(6-16-7-10)17-8-11(13(14)15)18-12(19)3-4-21-2/h5-8,15,17H,3-4H2,1-2H3,(H,18,19)/b11-8+,15-13?. The lowest BCUT2D eigenvalue weighted by Crippen LogP contribution is -2.26. The Morgan fingerprint density at radius 3 is 2.95 bits per heavy atom. The molecule has 0 aliphatic heterocycles. The number of allylic oxidation sites excluding steroid dienone is 1. The molecule has 8 heteroatoms. The fraction of sp³-hybridized carbons (Fsp3) is 0.308. The summed E-state index contributed by atoms with van der Waals surface area (Å²) in [5.41, 5.74) is 0.855. The van der Waals surface area contributed by atoms with Gasteiger partial charge in [-0.1, -0.05) is 11.6 Å². The summed E-state index contributed by atoms with van der Waals surface area (Å²) >= 11 is 7.24. The fourth-order valence-electron chi connectivity index (χ4n) is 1.33. The van der Waals surface area contributed by atoms with Crippen LogP contribution in [0.5, 0.6) is 5.75 Å². The first-order valence-electron chi connectivity index (χ1n) is 6.05. The Morgan fingerprint density at radius 2 is 2.33 bits per heavy atom. The molecular formula is C13H17ClN4O2S. The minimum Gasteiger partial charge on any atom is -0.495 e. The number of hydrogen-bond donors (Lipinski definition) is 3. The van der Waals surface area contributed by atoms with Crippen LogP contribution in [0.3, 0.4) is 0 Å². The zero-order chi connectivity index (χ0) is 15.7. The van der Waals surface area contributed by atoms with E-state index in [2.05, 4.69) is 15.6 Å². The minimum atomic E-state index is -0.254. The summed E-state index contributed by atoms with van der Waals surface area (Å²) in [7, 11) is 1.54. The minimum absolute atomic E-state index is 0.188. The number of hydrogen-bond acceptors (Lipinski definition) is 6. The summed E-state index contributed by atoms with van der Waals surface area (Å²) in [4.78, 5) is 15.6. The lowest BCUT2D eigenvalue weighted by atomic mass is 10.3. The van der Waals surface area contributed by atoms with Gasteiger partial charge in [-0.25, -0.2) is 0 Å². The van der Waals surface area contributed by atoms with Gasteiger partial charge in [0.25, 0.3) is 0 Å². The molecule has 0 aliphatic rings. The van der Waals surface area contributed by atoms with Crippen molar-refractivity contribution in [3.05, 3.63) is 30.4 Å². The maximum Gasteiger partial charge on any atom is 0.225 e. The molecule has 0 radical (unpaired) electrons. The zero-order valence-corrected chi connectivity index (χ0v) is 13.3. The van der Waals surface area contributed by atoms with E-state index in [1.807, 2.05) is 6.26 Å². The normalized spacial score (nSPS) is 10.9. The van der Waals surface area contributed by atoms with E-state index in [0.717, 1.165) is 0 Å². The van der Waals surface area contributed by atoms with Gasteiger partial charge in [0.2, 0.25) is 5.91 Å². The van der Waals surface area contributed by atoms with Gasteiger partial charge >= 0.3 is 0 Å². The molecule has 1 aromatic rings. The molecule has 0 fully saturated rings. The third-order valence-corrected chi connectivity index (χ3v) is 3.19. The Kier molecular flexibility index (Phi) is 7.63. The van der Waals surface area contributed by atoms with Crippen molar-refractivity contribution >= 4 is 40.1 Å². The molecule has 0 saturated heterocycles. The highest BCUT2D eigenvalue weighted by atomic mass is 35.5. The van der Waals surface area contributed by atoms with Crippen LogP contribution in [-0.4, -0.2) is 35.2 Å². The number of halogens is 1. The smallest absolute Gasteiger partial charge is 0.225 e. The van der Waals surface area contributed by atoms with Gasteiger partial charge in [-0.05, 0) is 6.26 Å². The number of pyridine rings is 1. The zero-order valence-electron chi connectivity index (χ0n) is 11.8. The number of amides is 1. The molecule has 0 aliphatic carbocycles. The molecule has 1 aromatic heterocycles. The van der Waals surface area contributed by atoms with Crippen LogP contribution in [0.1, 0.15) is 6.42 Å². The largest absolute Gasteiger partial charge is 0.495 e. The van der Waals surface area contributed by atoms with Crippen molar-refractivity contribution in [3.63, 3.8) is 0 Å². The SMILES string of the molecule is COc1cncc(N/C=C(/NC(=O)CCSC)C(=N)Cl)c1. The Labute approximate surface area is 132 Å². The lowest BCUT2D eigenvalue weighted by Gasteiger charge is -2.09. The van der Waals surface area contributed by atoms with E-state index in [-0.39, 0.29) is 16.8 Å². The van der Waals surface area contributed by atoms with Gasteiger partial charge in [0, 0.05) is 24.4 Å². The van der Waals surface area contributed by atoms with Crippen molar-refractivity contribution in [3.8, 4) is 5.75 Å². The van der Waals surface area contributed by atoms with Crippen LogP contribution in [0.15, 0.2) is 30.4 Å². The Morgan fingerprint density at radius 1 is 1.57 bits per heavy atom. The van der Waals surface area contributed by atoms with E-state index in [1.165, 1.54) is 6.20 Å². The second kappa shape index (κ2) is 9.25. The molecule has 0 spiro atoms. The van der Waals surface area contributed by atoms with Crippen molar-refractivity contribution in [2.24, 2.45) is 0 Å². The Balaban J connectivity index is 2.71. The highest BCUT2D eigenvalue weighted by Crippen LogP contribution is 2.14. The summed E-state index contributed by atoms with van der Waals surface area (Å²) in [6.07, 6.45) is 6.89. The van der Waals surface area contributed by atoms with Gasteiger partial charge in [-0.3, -0.25) is 15.2 Å². The maximum atomic E-state index is 11.6. The Bertz CT molecular complexity index is 537. The third-order valence-electron chi connectivity index (χ3n) is 2.38. The predicted octanol–water partition coefficient (Wildman–Crippen LogP) is 2.43. The number of carbonyl (C=O) groups is 1. The third kappa shape index (κ3) is 6.50. The van der Waals surface area contributed by atoms with Gasteiger partial charge in [0.1, 0.15) is 10.9 Å². The summed E-state index contributed by atoms with van der Waals surface area (Å²) in [5, 5.41) is 12.7. The Hall–Kier alpha value is -1.73. The fourth-order valence-corrected chi connectivity index (χ4v) is 1.82. The van der Waals surface area contributed by atoms with E-state index >= 15 is 0 Å². The van der Waals surface area contributed by atoms with Gasteiger partial charge in [0.05, 0.1) is 30.9 Å². The van der Waals surface area contributed by atoms with Crippen LogP contribution in [0.2, 0.25) is 0 Å². The second-order valence-corrected chi connectivity index (χ2v) is 5.28. The molecule has 3 N–H and O–H groups in total. The van der Waals surface area contributed by atoms with Crippen LogP contribution < -0.4 is 15.4 Å². The quantitative estimate of drug-likeness (QED) is 0.638. The van der Waals surface area contributed by atoms with E-state index in [4.69, 9.17) is 21.7 Å². The van der Waals surface area contributed by atoms with Crippen molar-refractivity contribution in [2.45, 2.75) is 6.42 Å². The number of nitrogens with zero attached hydrogens (tertiary/aromatic N) is 1. The number of aromatic nitrogens is 1. The maximum absolute atomic E-state index is 11.6. The molecule has 0 saturated carbocycles. The van der Waals surface area contributed by atoms with Crippen molar-refractivity contribution in [1.29, 1.82) is 5.41 Å². The summed E-state index contributed by atoms with van der Waals surface area (Å²) < 4.78 is 5.05. The molecule has 21 heavy (non-hydrogen) atoms. The van der Waals surface area contributed by atoms with Crippen LogP contribution in [0.4, 0.5) is 5.69 Å². The van der Waals surface area contributed by atoms with Gasteiger partial charge in [-0.2, -0.15) is 11.8 Å². The monoisotopic (exact) mass is 328 g/mol. The second-order valence-electron chi connectivity index (χ2n) is 3.92. The van der Waals surface area contributed by atoms with Crippen LogP contribution in [0.25, 0.3) is 0 Å². The first-order chi connectivity index (χ1) is 10.1. The summed E-state index contributed by atoms with van der Waals surface area (Å²) in [6.45, 7) is 0. The first kappa shape index (κ1) is 17.3. The molecule has 0 atom stereocenters. The molecule has 1 heterocycles. The van der Waals surface area contributed by atoms with E-state index in [9.17, 15) is 4.79 Å². The average Bonchev–Trinajstić information content (AvgIpc) is 2.49. The van der Waals surface area contributed by atoms with Gasteiger partial charge in [-0.15, -0.1) is 0 Å². The number of nitrogens with one attached hydrogen (secondary N) is 3. The topological polar surface area (TPSA) is 87.1 Å². The highest BCUT2D eigenvalue weighted by molar-refractivity contribution is 7.98. The average molecular weight is 329 g/mol. The molecule has 1 amide bonds. The molecule has 6 nitrogen and oxygen atoms in total. The van der Waals surface area contributed by atoms with Crippen LogP contribution in [-0.2, 0) is 4.79 Å². The molecule has 0 unspecified atom stereocenters. The van der Waals surface area contributed by atoms with Crippen molar-refractivity contribution in [1.82, 2.24) is 10.3 Å². The van der Waals surface area contributed by atoms with Gasteiger partial charge < -0.3 is 15.4 Å². The number of methoxy groups -OCH3 is 1. The van der Waals surface area contributed by atoms with E-state index in [1.54, 1.807) is 37.3 Å². The predicted molar refractivity (Wildman–Crippen MR) is 87.2 cm³/mol. The number of anilines is 1. The first-order valence-corrected chi connectivity index (χ1v) is 7.83. The number of thioether (sulfide) groups is 1. The van der Waals surface area contributed by atoms with Gasteiger partial charge in [0.15, 0.2) is 0 Å². The molecule has 1 rings (SSSR count). The van der Waals surface area contributed by atoms with Crippen LogP contribution in [0, 0.1) is 5.41 Å². The molecule has 114 valence electrons. The number of ether oxygens (including phenoxy) is 1. The summed E-state index contributed by atoms with van der Waals surface area (Å²) in [6, 6.07) is 1.73. The van der Waals surface area contributed by atoms with Crippen molar-refractivity contribution < 1.29 is 9.53 Å². The number of rotatable bonds is 8. The molecule has 0 bridgehead atoms. The van der Waals surface area contributed by atoms with Crippen molar-refractivity contribution in [2.75, 3.05) is 24.4 Å². The highest BCUT2D eigenvalue weighted by Gasteiger charge is 2.07. The van der Waals surface area contributed by atoms with E-state index < -0.39 is 0 Å². The van der Waals surface area contributed by atoms with E-state index in [0.29, 0.717) is 23.6 Å². The lowest BCUT2D eigenvalue weighted by molar-refractivity contribution is -0.119. The number of carbonyl (C=O) groups excluding carboxylic acids is 1.